The fourth-order valence-corrected chi connectivity index (χ4v) is 1.27. The van der Waals surface area contributed by atoms with Crippen LogP contribution in [-0.4, -0.2) is 23.7 Å². The lowest BCUT2D eigenvalue weighted by Crippen LogP contribution is -2.32. The molecule has 1 aromatic heterocycles. The van der Waals surface area contributed by atoms with Gasteiger partial charge in [0.15, 0.2) is 0 Å². The smallest absolute Gasteiger partial charge is 0.342 e. The molecule has 0 radical (unpaired) electrons. The van der Waals surface area contributed by atoms with Crippen molar-refractivity contribution in [3.8, 4) is 0 Å². The molecule has 2 atom stereocenters. The van der Waals surface area contributed by atoms with E-state index in [-0.39, 0.29) is 19.0 Å². The molecule has 4 nitrogen and oxygen atoms in total. The fraction of sp³-hybridized carbons (Fsp3) is 0.455. The van der Waals surface area contributed by atoms with Gasteiger partial charge in [-0.25, -0.2) is 9.18 Å². The molecule has 0 aliphatic rings. The lowest BCUT2D eigenvalue weighted by molar-refractivity contribution is -0.150. The van der Waals surface area contributed by atoms with Gasteiger partial charge in [-0.3, -0.25) is 4.98 Å². The minimum absolute atomic E-state index is 0. The van der Waals surface area contributed by atoms with E-state index in [4.69, 9.17) is 5.73 Å². The number of carbonyl (C=O) groups is 1. The molecular weight excluding hydrogens is 247 g/mol. The highest BCUT2D eigenvalue weighted by molar-refractivity contribution is 5.85. The van der Waals surface area contributed by atoms with Crippen molar-refractivity contribution in [2.45, 2.75) is 26.1 Å². The summed E-state index contributed by atoms with van der Waals surface area (Å²) in [5.41, 5.74) is 6.67. The van der Waals surface area contributed by atoms with Crippen molar-refractivity contribution >= 4 is 18.4 Å². The van der Waals surface area contributed by atoms with E-state index in [1.165, 1.54) is 0 Å². The van der Waals surface area contributed by atoms with E-state index in [1.54, 1.807) is 32.0 Å². The number of aryl methyl sites for hydroxylation is 1. The number of carbonyl (C=O) groups excluding carboxylic acids is 1. The SMILES string of the molecule is CCOC(=O)C(F)[C@@H](N)c1cccc(C)n1.Cl. The van der Waals surface area contributed by atoms with Crippen molar-refractivity contribution < 1.29 is 13.9 Å². The molecule has 1 rings (SSSR count). The third kappa shape index (κ3) is 4.28. The molecule has 96 valence electrons. The third-order valence-electron chi connectivity index (χ3n) is 2.08. The van der Waals surface area contributed by atoms with Crippen LogP contribution in [0.3, 0.4) is 0 Å². The number of ether oxygens (including phenoxy) is 1. The fourth-order valence-electron chi connectivity index (χ4n) is 1.27. The van der Waals surface area contributed by atoms with Crippen LogP contribution in [-0.2, 0) is 9.53 Å². The van der Waals surface area contributed by atoms with Gasteiger partial charge in [0.2, 0.25) is 6.17 Å². The zero-order chi connectivity index (χ0) is 12.1. The highest BCUT2D eigenvalue weighted by Crippen LogP contribution is 2.16. The molecule has 6 heteroatoms. The van der Waals surface area contributed by atoms with Crippen LogP contribution < -0.4 is 5.73 Å². The maximum Gasteiger partial charge on any atom is 0.342 e. The molecule has 0 aliphatic heterocycles. The molecular formula is C11H16ClFN2O2. The number of nitrogens with zero attached hydrogens (tertiary/aromatic N) is 1. The second kappa shape index (κ2) is 7.19. The Morgan fingerprint density at radius 2 is 2.24 bits per heavy atom. The average molecular weight is 263 g/mol. The maximum absolute atomic E-state index is 13.6. The number of aromatic nitrogens is 1. The molecule has 0 fully saturated rings. The average Bonchev–Trinajstić information content (AvgIpc) is 2.27. The molecule has 1 unspecified atom stereocenters. The topological polar surface area (TPSA) is 65.2 Å². The Hall–Kier alpha value is -1.20. The predicted molar refractivity (Wildman–Crippen MR) is 64.7 cm³/mol. The van der Waals surface area contributed by atoms with E-state index >= 15 is 0 Å². The summed E-state index contributed by atoms with van der Waals surface area (Å²) in [6.45, 7) is 3.52. The summed E-state index contributed by atoms with van der Waals surface area (Å²) in [5, 5.41) is 0. The van der Waals surface area contributed by atoms with Crippen molar-refractivity contribution in [2.24, 2.45) is 5.73 Å². The Morgan fingerprint density at radius 1 is 1.59 bits per heavy atom. The first-order chi connectivity index (χ1) is 7.56. The summed E-state index contributed by atoms with van der Waals surface area (Å²) in [4.78, 5) is 15.2. The number of alkyl halides is 1. The Kier molecular flexibility index (Phi) is 6.68. The van der Waals surface area contributed by atoms with Gasteiger partial charge in [-0.15, -0.1) is 12.4 Å². The van der Waals surface area contributed by atoms with Crippen LogP contribution >= 0.6 is 12.4 Å². The molecule has 0 saturated heterocycles. The highest BCUT2D eigenvalue weighted by atomic mass is 35.5. The Bertz CT molecular complexity index is 376. The van der Waals surface area contributed by atoms with Gasteiger partial charge in [0.1, 0.15) is 0 Å². The van der Waals surface area contributed by atoms with E-state index in [1.807, 2.05) is 0 Å². The number of hydrogen-bond donors (Lipinski definition) is 1. The van der Waals surface area contributed by atoms with Gasteiger partial charge in [0.25, 0.3) is 0 Å². The largest absolute Gasteiger partial charge is 0.464 e. The first-order valence-corrected chi connectivity index (χ1v) is 5.06. The first-order valence-electron chi connectivity index (χ1n) is 5.06. The van der Waals surface area contributed by atoms with Crippen molar-refractivity contribution in [2.75, 3.05) is 6.61 Å². The highest BCUT2D eigenvalue weighted by Gasteiger charge is 2.28. The normalized spacial score (nSPS) is 13.4. The lowest BCUT2D eigenvalue weighted by Gasteiger charge is -2.15. The van der Waals surface area contributed by atoms with Gasteiger partial charge in [0, 0.05) is 5.69 Å². The molecule has 0 saturated carbocycles. The molecule has 1 heterocycles. The van der Waals surface area contributed by atoms with Gasteiger partial charge in [-0.1, -0.05) is 6.07 Å². The van der Waals surface area contributed by atoms with Gasteiger partial charge in [-0.05, 0) is 26.0 Å². The van der Waals surface area contributed by atoms with E-state index in [0.717, 1.165) is 5.69 Å². The van der Waals surface area contributed by atoms with Crippen molar-refractivity contribution in [3.05, 3.63) is 29.6 Å². The summed E-state index contributed by atoms with van der Waals surface area (Å²) >= 11 is 0. The van der Waals surface area contributed by atoms with E-state index in [0.29, 0.717) is 5.69 Å². The maximum atomic E-state index is 13.6. The van der Waals surface area contributed by atoms with Gasteiger partial charge in [-0.2, -0.15) is 0 Å². The summed E-state index contributed by atoms with van der Waals surface area (Å²) in [6.07, 6.45) is -1.88. The number of halogens is 2. The van der Waals surface area contributed by atoms with Gasteiger partial charge in [0.05, 0.1) is 18.3 Å². The Balaban J connectivity index is 0.00000256. The molecule has 0 aliphatic carbocycles. The second-order valence-electron chi connectivity index (χ2n) is 3.38. The summed E-state index contributed by atoms with van der Waals surface area (Å²) in [6, 6.07) is 3.99. The lowest BCUT2D eigenvalue weighted by atomic mass is 10.1. The van der Waals surface area contributed by atoms with Crippen LogP contribution in [0.5, 0.6) is 0 Å². The number of pyridine rings is 1. The predicted octanol–water partition coefficient (Wildman–Crippen LogP) is 1.71. The zero-order valence-electron chi connectivity index (χ0n) is 9.72. The molecule has 0 bridgehead atoms. The van der Waals surface area contributed by atoms with Crippen molar-refractivity contribution in [1.29, 1.82) is 0 Å². The minimum Gasteiger partial charge on any atom is -0.464 e. The van der Waals surface area contributed by atoms with Crippen LogP contribution in [0.25, 0.3) is 0 Å². The molecule has 17 heavy (non-hydrogen) atoms. The first kappa shape index (κ1) is 15.8. The van der Waals surface area contributed by atoms with Gasteiger partial charge >= 0.3 is 5.97 Å². The minimum atomic E-state index is -1.88. The number of hydrogen-bond acceptors (Lipinski definition) is 4. The third-order valence-corrected chi connectivity index (χ3v) is 2.08. The van der Waals surface area contributed by atoms with Gasteiger partial charge < -0.3 is 10.5 Å². The second-order valence-corrected chi connectivity index (χ2v) is 3.38. The van der Waals surface area contributed by atoms with Crippen LogP contribution in [0, 0.1) is 6.92 Å². The Morgan fingerprint density at radius 3 is 2.76 bits per heavy atom. The van der Waals surface area contributed by atoms with Crippen LogP contribution in [0.15, 0.2) is 18.2 Å². The Labute approximate surface area is 106 Å². The van der Waals surface area contributed by atoms with Crippen molar-refractivity contribution in [1.82, 2.24) is 4.98 Å². The zero-order valence-corrected chi connectivity index (χ0v) is 10.5. The molecule has 0 amide bonds. The quantitative estimate of drug-likeness (QED) is 0.839. The van der Waals surface area contributed by atoms with E-state index in [9.17, 15) is 9.18 Å². The standard InChI is InChI=1S/C11H15FN2O2.ClH/c1-3-16-11(15)9(12)10(13)8-6-4-5-7(2)14-8;/h4-6,9-10H,3,13H2,1-2H3;1H/t9?,10-;/m0./s1. The van der Waals surface area contributed by atoms with E-state index in [2.05, 4.69) is 9.72 Å². The molecule has 1 aromatic rings. The summed E-state index contributed by atoms with van der Waals surface area (Å²) in [5.74, 6) is -0.946. The van der Waals surface area contributed by atoms with E-state index < -0.39 is 18.2 Å². The van der Waals surface area contributed by atoms with Crippen LogP contribution in [0.4, 0.5) is 4.39 Å². The molecule has 2 N–H and O–H groups in total. The van der Waals surface area contributed by atoms with Crippen LogP contribution in [0.1, 0.15) is 24.4 Å². The summed E-state index contributed by atoms with van der Waals surface area (Å²) < 4.78 is 18.1. The van der Waals surface area contributed by atoms with Crippen LogP contribution in [0.2, 0.25) is 0 Å². The monoisotopic (exact) mass is 262 g/mol. The van der Waals surface area contributed by atoms with Crippen molar-refractivity contribution in [3.63, 3.8) is 0 Å². The molecule has 0 aromatic carbocycles. The number of rotatable bonds is 4. The molecule has 0 spiro atoms. The number of nitrogens with two attached hydrogens (primary N) is 1. The number of esters is 1. The summed E-state index contributed by atoms with van der Waals surface area (Å²) in [7, 11) is 0.